The lowest BCUT2D eigenvalue weighted by atomic mass is 9.88. The fourth-order valence-corrected chi connectivity index (χ4v) is 1.77. The fourth-order valence-electron chi connectivity index (χ4n) is 1.77. The topological polar surface area (TPSA) is 29.5 Å². The maximum absolute atomic E-state index is 12.7. The van der Waals surface area contributed by atoms with Gasteiger partial charge in [-0.15, -0.1) is 0 Å². The highest BCUT2D eigenvalue weighted by Crippen LogP contribution is 2.29. The zero-order valence-electron chi connectivity index (χ0n) is 7.87. The molecule has 1 fully saturated rings. The summed E-state index contributed by atoms with van der Waals surface area (Å²) in [7, 11) is 0. The SMILES string of the molecule is OC1(c2ccc(F)cc2)CCCOC1. The molecule has 1 saturated heterocycles. The van der Waals surface area contributed by atoms with E-state index >= 15 is 0 Å². The van der Waals surface area contributed by atoms with E-state index in [0.29, 0.717) is 19.6 Å². The molecule has 0 aromatic heterocycles. The third-order valence-corrected chi connectivity index (χ3v) is 2.60. The molecule has 14 heavy (non-hydrogen) atoms. The van der Waals surface area contributed by atoms with E-state index in [2.05, 4.69) is 0 Å². The normalized spacial score (nSPS) is 27.6. The van der Waals surface area contributed by atoms with Gasteiger partial charge in [0.25, 0.3) is 0 Å². The first-order valence-electron chi connectivity index (χ1n) is 4.77. The van der Waals surface area contributed by atoms with E-state index in [1.165, 1.54) is 12.1 Å². The van der Waals surface area contributed by atoms with Crippen molar-refractivity contribution in [3.63, 3.8) is 0 Å². The molecule has 0 bridgehead atoms. The Labute approximate surface area is 82.3 Å². The lowest BCUT2D eigenvalue weighted by Crippen LogP contribution is -2.35. The molecule has 0 spiro atoms. The van der Waals surface area contributed by atoms with Crippen molar-refractivity contribution < 1.29 is 14.2 Å². The predicted octanol–water partition coefficient (Wildman–Crippen LogP) is 1.82. The second kappa shape index (κ2) is 3.67. The number of benzene rings is 1. The van der Waals surface area contributed by atoms with Crippen molar-refractivity contribution in [1.29, 1.82) is 0 Å². The molecule has 0 saturated carbocycles. The van der Waals surface area contributed by atoms with Gasteiger partial charge in [-0.25, -0.2) is 4.39 Å². The van der Waals surface area contributed by atoms with Gasteiger partial charge in [0.05, 0.1) is 6.61 Å². The Morgan fingerprint density at radius 3 is 2.57 bits per heavy atom. The van der Waals surface area contributed by atoms with Crippen molar-refractivity contribution in [2.75, 3.05) is 13.2 Å². The van der Waals surface area contributed by atoms with E-state index in [9.17, 15) is 9.50 Å². The van der Waals surface area contributed by atoms with Gasteiger partial charge in [0.1, 0.15) is 11.4 Å². The van der Waals surface area contributed by atoms with Crippen LogP contribution in [0.25, 0.3) is 0 Å². The van der Waals surface area contributed by atoms with Crippen LogP contribution in [0.1, 0.15) is 18.4 Å². The lowest BCUT2D eigenvalue weighted by molar-refractivity contribution is -0.0903. The number of ether oxygens (including phenoxy) is 1. The van der Waals surface area contributed by atoms with Gasteiger partial charge in [0.15, 0.2) is 0 Å². The zero-order valence-corrected chi connectivity index (χ0v) is 7.87. The van der Waals surface area contributed by atoms with Crippen LogP contribution in [0.4, 0.5) is 4.39 Å². The standard InChI is InChI=1S/C11H13FO2/c12-10-4-2-9(3-5-10)11(13)6-1-7-14-8-11/h2-5,13H,1,6-8H2. The van der Waals surface area contributed by atoms with Crippen LogP contribution in [0.15, 0.2) is 24.3 Å². The quantitative estimate of drug-likeness (QED) is 0.742. The van der Waals surface area contributed by atoms with Crippen LogP contribution < -0.4 is 0 Å². The molecule has 0 radical (unpaired) electrons. The van der Waals surface area contributed by atoms with Crippen LogP contribution in [0.2, 0.25) is 0 Å². The maximum Gasteiger partial charge on any atom is 0.123 e. The monoisotopic (exact) mass is 196 g/mol. The van der Waals surface area contributed by atoms with E-state index in [-0.39, 0.29) is 5.82 Å². The molecule has 76 valence electrons. The van der Waals surface area contributed by atoms with Crippen LogP contribution in [-0.2, 0) is 10.3 Å². The molecular weight excluding hydrogens is 183 g/mol. The number of rotatable bonds is 1. The Kier molecular flexibility index (Phi) is 2.52. The first-order chi connectivity index (χ1) is 6.71. The van der Waals surface area contributed by atoms with Crippen molar-refractivity contribution in [2.24, 2.45) is 0 Å². The molecule has 1 atom stereocenters. The Morgan fingerprint density at radius 2 is 2.00 bits per heavy atom. The molecule has 0 amide bonds. The number of hydrogen-bond acceptors (Lipinski definition) is 2. The van der Waals surface area contributed by atoms with Gasteiger partial charge < -0.3 is 9.84 Å². The summed E-state index contributed by atoms with van der Waals surface area (Å²) in [5.41, 5.74) is -0.190. The van der Waals surface area contributed by atoms with E-state index in [0.717, 1.165) is 12.0 Å². The summed E-state index contributed by atoms with van der Waals surface area (Å²) >= 11 is 0. The van der Waals surface area contributed by atoms with Crippen LogP contribution >= 0.6 is 0 Å². The summed E-state index contributed by atoms with van der Waals surface area (Å²) in [6.07, 6.45) is 1.52. The van der Waals surface area contributed by atoms with Crippen molar-refractivity contribution in [3.05, 3.63) is 35.6 Å². The van der Waals surface area contributed by atoms with E-state index in [4.69, 9.17) is 4.74 Å². The first kappa shape index (κ1) is 9.62. The average Bonchev–Trinajstić information content (AvgIpc) is 2.19. The number of aliphatic hydroxyl groups is 1. The van der Waals surface area contributed by atoms with E-state index in [1.807, 2.05) is 0 Å². The molecule has 1 N–H and O–H groups in total. The van der Waals surface area contributed by atoms with Gasteiger partial charge in [-0.05, 0) is 30.5 Å². The molecule has 1 aromatic rings. The molecule has 1 aromatic carbocycles. The third kappa shape index (κ3) is 1.79. The molecule has 3 heteroatoms. The first-order valence-corrected chi connectivity index (χ1v) is 4.77. The largest absolute Gasteiger partial charge is 0.383 e. The summed E-state index contributed by atoms with van der Waals surface area (Å²) in [6, 6.07) is 5.96. The summed E-state index contributed by atoms with van der Waals surface area (Å²) in [6.45, 7) is 1.00. The van der Waals surface area contributed by atoms with Crippen LogP contribution in [0.3, 0.4) is 0 Å². The van der Waals surface area contributed by atoms with Crippen molar-refractivity contribution in [2.45, 2.75) is 18.4 Å². The van der Waals surface area contributed by atoms with Crippen LogP contribution in [0, 0.1) is 5.82 Å². The lowest BCUT2D eigenvalue weighted by Gasteiger charge is -2.32. The Bertz CT molecular complexity index is 302. The highest BCUT2D eigenvalue weighted by atomic mass is 19.1. The minimum Gasteiger partial charge on any atom is -0.383 e. The number of hydrogen-bond donors (Lipinski definition) is 1. The van der Waals surface area contributed by atoms with Gasteiger partial charge in [-0.2, -0.15) is 0 Å². The maximum atomic E-state index is 12.7. The molecule has 1 heterocycles. The van der Waals surface area contributed by atoms with E-state index < -0.39 is 5.60 Å². The predicted molar refractivity (Wildman–Crippen MR) is 50.3 cm³/mol. The molecular formula is C11H13FO2. The number of halogens is 1. The van der Waals surface area contributed by atoms with Crippen LogP contribution in [-0.4, -0.2) is 18.3 Å². The summed E-state index contributed by atoms with van der Waals surface area (Å²) in [5.74, 6) is -0.283. The molecule has 0 aliphatic carbocycles. The van der Waals surface area contributed by atoms with Gasteiger partial charge in [-0.1, -0.05) is 12.1 Å². The summed E-state index contributed by atoms with van der Waals surface area (Å²) in [4.78, 5) is 0. The molecule has 2 nitrogen and oxygen atoms in total. The summed E-state index contributed by atoms with van der Waals surface area (Å²) in [5, 5.41) is 10.2. The Morgan fingerprint density at radius 1 is 1.29 bits per heavy atom. The van der Waals surface area contributed by atoms with Gasteiger partial charge in [0.2, 0.25) is 0 Å². The molecule has 1 aliphatic heterocycles. The van der Waals surface area contributed by atoms with Crippen molar-refractivity contribution in [3.8, 4) is 0 Å². The Balaban J connectivity index is 2.23. The van der Waals surface area contributed by atoms with E-state index in [1.54, 1.807) is 12.1 Å². The fraction of sp³-hybridized carbons (Fsp3) is 0.455. The Hall–Kier alpha value is -0.930. The van der Waals surface area contributed by atoms with Crippen molar-refractivity contribution >= 4 is 0 Å². The van der Waals surface area contributed by atoms with Gasteiger partial charge in [-0.3, -0.25) is 0 Å². The second-order valence-corrected chi connectivity index (χ2v) is 3.69. The second-order valence-electron chi connectivity index (χ2n) is 3.69. The van der Waals surface area contributed by atoms with Gasteiger partial charge in [0, 0.05) is 6.61 Å². The molecule has 2 rings (SSSR count). The smallest absolute Gasteiger partial charge is 0.123 e. The minimum atomic E-state index is -0.925. The van der Waals surface area contributed by atoms with Crippen molar-refractivity contribution in [1.82, 2.24) is 0 Å². The van der Waals surface area contributed by atoms with Crippen LogP contribution in [0.5, 0.6) is 0 Å². The van der Waals surface area contributed by atoms with Gasteiger partial charge >= 0.3 is 0 Å². The zero-order chi connectivity index (χ0) is 10.0. The average molecular weight is 196 g/mol. The molecule has 1 aliphatic rings. The minimum absolute atomic E-state index is 0.283. The summed E-state index contributed by atoms with van der Waals surface area (Å²) < 4.78 is 17.9. The highest BCUT2D eigenvalue weighted by molar-refractivity contribution is 5.23. The highest BCUT2D eigenvalue weighted by Gasteiger charge is 2.31. The third-order valence-electron chi connectivity index (χ3n) is 2.60. The molecule has 1 unspecified atom stereocenters.